The number of urea groups is 1. The van der Waals surface area contributed by atoms with E-state index in [1.807, 2.05) is 11.8 Å². The lowest BCUT2D eigenvalue weighted by Gasteiger charge is -2.61. The van der Waals surface area contributed by atoms with Crippen LogP contribution in [0.2, 0.25) is 0 Å². The summed E-state index contributed by atoms with van der Waals surface area (Å²) in [5, 5.41) is 2.80. The van der Waals surface area contributed by atoms with E-state index >= 15 is 0 Å². The number of hydrogen-bond donors (Lipinski definition) is 1. The molecule has 0 aromatic rings. The molecule has 1 atom stereocenters. The van der Waals surface area contributed by atoms with Crippen molar-refractivity contribution in [3.05, 3.63) is 0 Å². The van der Waals surface area contributed by atoms with Crippen LogP contribution in [0.25, 0.3) is 0 Å². The molecule has 0 aromatic heterocycles. The minimum Gasteiger partial charge on any atom is -0.450 e. The van der Waals surface area contributed by atoms with Crippen LogP contribution in [-0.4, -0.2) is 85.3 Å². The Hall–Kier alpha value is -1.50. The van der Waals surface area contributed by atoms with Gasteiger partial charge in [-0.3, -0.25) is 0 Å². The summed E-state index contributed by atoms with van der Waals surface area (Å²) in [4.78, 5) is 30.4. The van der Waals surface area contributed by atoms with Crippen molar-refractivity contribution < 1.29 is 14.3 Å². The average molecular weight is 379 g/mol. The van der Waals surface area contributed by atoms with Gasteiger partial charge in [-0.15, -0.1) is 0 Å². The number of nitrogens with zero attached hydrogens (tertiary/aromatic N) is 3. The number of nitrogens with one attached hydrogen (secondary N) is 1. The zero-order valence-electron chi connectivity index (χ0n) is 16.8. The van der Waals surface area contributed by atoms with Gasteiger partial charge in [-0.25, -0.2) is 9.59 Å². The molecular weight excluding hydrogens is 344 g/mol. The van der Waals surface area contributed by atoms with Crippen LogP contribution < -0.4 is 5.32 Å². The van der Waals surface area contributed by atoms with Crippen molar-refractivity contribution in [1.82, 2.24) is 20.0 Å². The third kappa shape index (κ3) is 3.50. The number of carbonyl (C=O) groups is 2. The van der Waals surface area contributed by atoms with Crippen LogP contribution in [0.15, 0.2) is 0 Å². The van der Waals surface area contributed by atoms with Crippen LogP contribution in [0.5, 0.6) is 0 Å². The van der Waals surface area contributed by atoms with Gasteiger partial charge in [0.25, 0.3) is 0 Å². The van der Waals surface area contributed by atoms with Crippen molar-refractivity contribution in [2.75, 3.05) is 46.4 Å². The molecule has 1 N–H and O–H groups in total. The molecule has 152 valence electrons. The second-order valence-corrected chi connectivity index (χ2v) is 8.95. The first kappa shape index (κ1) is 18.8. The summed E-state index contributed by atoms with van der Waals surface area (Å²) in [6.45, 7) is 7.29. The van der Waals surface area contributed by atoms with Gasteiger partial charge >= 0.3 is 12.1 Å². The lowest BCUT2D eigenvalue weighted by atomic mass is 9.60. The molecule has 3 heterocycles. The Morgan fingerprint density at radius 1 is 1.11 bits per heavy atom. The highest BCUT2D eigenvalue weighted by atomic mass is 16.6. The average Bonchev–Trinajstić information content (AvgIpc) is 3.09. The largest absolute Gasteiger partial charge is 0.450 e. The van der Waals surface area contributed by atoms with Crippen molar-refractivity contribution in [2.24, 2.45) is 11.3 Å². The van der Waals surface area contributed by atoms with Crippen LogP contribution in [0.4, 0.5) is 9.59 Å². The van der Waals surface area contributed by atoms with E-state index in [1.165, 1.54) is 25.7 Å². The third-order valence-electron chi connectivity index (χ3n) is 7.32. The minimum absolute atomic E-state index is 0.0944. The fraction of sp³-hybridized carbons (Fsp3) is 0.900. The maximum Gasteiger partial charge on any atom is 0.409 e. The summed E-state index contributed by atoms with van der Waals surface area (Å²) in [7, 11) is 1.73. The molecule has 1 saturated carbocycles. The number of carbonyl (C=O) groups excluding carboxylic acids is 2. The Kier molecular flexibility index (Phi) is 5.23. The monoisotopic (exact) mass is 378 g/mol. The van der Waals surface area contributed by atoms with Gasteiger partial charge in [0.2, 0.25) is 0 Å². The molecule has 4 aliphatic rings. The summed E-state index contributed by atoms with van der Waals surface area (Å²) >= 11 is 0. The summed E-state index contributed by atoms with van der Waals surface area (Å²) in [5.41, 5.74) is 0.371. The lowest BCUT2D eigenvalue weighted by molar-refractivity contribution is -0.105. The van der Waals surface area contributed by atoms with E-state index in [2.05, 4.69) is 15.1 Å². The van der Waals surface area contributed by atoms with Gasteiger partial charge in [0.05, 0.1) is 6.61 Å². The molecule has 0 bridgehead atoms. The molecule has 1 unspecified atom stereocenters. The van der Waals surface area contributed by atoms with Gasteiger partial charge in [-0.2, -0.15) is 0 Å². The molecule has 7 nitrogen and oxygen atoms in total. The lowest BCUT2D eigenvalue weighted by Crippen LogP contribution is -2.68. The molecule has 0 aromatic carbocycles. The van der Waals surface area contributed by atoms with Crippen molar-refractivity contribution >= 4 is 12.1 Å². The zero-order valence-corrected chi connectivity index (χ0v) is 16.8. The van der Waals surface area contributed by atoms with Crippen molar-refractivity contribution in [3.8, 4) is 0 Å². The first-order valence-corrected chi connectivity index (χ1v) is 10.7. The number of likely N-dealkylation sites (tertiary alicyclic amines) is 3. The molecule has 0 radical (unpaired) electrons. The number of hydrogen-bond acceptors (Lipinski definition) is 4. The van der Waals surface area contributed by atoms with Gasteiger partial charge in [0, 0.05) is 44.2 Å². The smallest absolute Gasteiger partial charge is 0.409 e. The maximum atomic E-state index is 12.1. The number of piperidine rings is 1. The highest BCUT2D eigenvalue weighted by Crippen LogP contribution is 2.51. The van der Waals surface area contributed by atoms with E-state index < -0.39 is 0 Å². The molecule has 1 spiro atoms. The van der Waals surface area contributed by atoms with Crippen LogP contribution in [0.1, 0.15) is 45.4 Å². The fourth-order valence-corrected chi connectivity index (χ4v) is 5.91. The minimum atomic E-state index is -0.148. The fourth-order valence-electron chi connectivity index (χ4n) is 5.91. The van der Waals surface area contributed by atoms with Gasteiger partial charge in [-0.05, 0) is 64.5 Å². The van der Waals surface area contributed by atoms with E-state index in [-0.39, 0.29) is 12.1 Å². The number of ether oxygens (including phenoxy) is 1. The van der Waals surface area contributed by atoms with Crippen molar-refractivity contribution in [3.63, 3.8) is 0 Å². The normalized spacial score (nSPS) is 28.7. The second kappa shape index (κ2) is 7.49. The molecule has 3 amide bonds. The van der Waals surface area contributed by atoms with Gasteiger partial charge in [0.1, 0.15) is 0 Å². The Labute approximate surface area is 162 Å². The van der Waals surface area contributed by atoms with E-state index in [4.69, 9.17) is 4.74 Å². The molecule has 1 aliphatic carbocycles. The van der Waals surface area contributed by atoms with E-state index in [1.54, 1.807) is 7.05 Å². The standard InChI is InChI=1S/C20H34N4O3/c1-3-27-19(26)23-13-20(14-23)11-16(12-20)22-9-6-15(7-10-22)17-5-4-8-24(17)18(25)21-2/h15-17H,3-14H2,1-2H3,(H,21,25). The Morgan fingerprint density at radius 3 is 2.44 bits per heavy atom. The van der Waals surface area contributed by atoms with Gasteiger partial charge in [0.15, 0.2) is 0 Å². The predicted molar refractivity (Wildman–Crippen MR) is 103 cm³/mol. The van der Waals surface area contributed by atoms with E-state index in [0.29, 0.717) is 30.0 Å². The molecule has 3 saturated heterocycles. The third-order valence-corrected chi connectivity index (χ3v) is 7.32. The van der Waals surface area contributed by atoms with Gasteiger partial charge < -0.3 is 24.8 Å². The summed E-state index contributed by atoms with van der Waals surface area (Å²) in [5.74, 6) is 0.651. The first-order chi connectivity index (χ1) is 13.0. The molecule has 3 aliphatic heterocycles. The quantitative estimate of drug-likeness (QED) is 0.817. The van der Waals surface area contributed by atoms with Crippen LogP contribution in [-0.2, 0) is 4.74 Å². The second-order valence-electron chi connectivity index (χ2n) is 8.95. The molecular formula is C20H34N4O3. The van der Waals surface area contributed by atoms with E-state index in [9.17, 15) is 9.59 Å². The van der Waals surface area contributed by atoms with Crippen molar-refractivity contribution in [1.29, 1.82) is 0 Å². The Morgan fingerprint density at radius 2 is 1.81 bits per heavy atom. The van der Waals surface area contributed by atoms with Crippen LogP contribution >= 0.6 is 0 Å². The summed E-state index contributed by atoms with van der Waals surface area (Å²) < 4.78 is 5.09. The highest BCUT2D eigenvalue weighted by Gasteiger charge is 2.55. The predicted octanol–water partition coefficient (Wildman–Crippen LogP) is 2.12. The zero-order chi connectivity index (χ0) is 19.0. The van der Waals surface area contributed by atoms with Crippen molar-refractivity contribution in [2.45, 2.75) is 57.5 Å². The Balaban J connectivity index is 1.20. The van der Waals surface area contributed by atoms with Gasteiger partial charge in [-0.1, -0.05) is 0 Å². The SMILES string of the molecule is CCOC(=O)N1CC2(CC(N3CCC(C4CCCN4C(=O)NC)CC3)C2)C1. The van der Waals surface area contributed by atoms with E-state index in [0.717, 1.165) is 45.6 Å². The Bertz CT molecular complexity index is 562. The maximum absolute atomic E-state index is 12.1. The molecule has 4 fully saturated rings. The molecule has 4 rings (SSSR count). The molecule has 7 heteroatoms. The summed E-state index contributed by atoms with van der Waals surface area (Å²) in [6, 6.07) is 1.22. The summed E-state index contributed by atoms with van der Waals surface area (Å²) in [6.07, 6.45) is 7.01. The highest BCUT2D eigenvalue weighted by molar-refractivity contribution is 5.74. The molecule has 27 heavy (non-hydrogen) atoms. The first-order valence-electron chi connectivity index (χ1n) is 10.7. The number of rotatable bonds is 3. The van der Waals surface area contributed by atoms with Crippen LogP contribution in [0.3, 0.4) is 0 Å². The topological polar surface area (TPSA) is 65.1 Å². The number of amides is 3. The van der Waals surface area contributed by atoms with Crippen LogP contribution in [0, 0.1) is 11.3 Å².